The fraction of sp³-hybridized carbons (Fsp3) is 0.600. The van der Waals surface area contributed by atoms with E-state index in [0.717, 1.165) is 31.4 Å². The van der Waals surface area contributed by atoms with Gasteiger partial charge in [0.15, 0.2) is 0 Å². The van der Waals surface area contributed by atoms with E-state index < -0.39 is 0 Å². The number of nitrogens with one attached hydrogen (secondary N) is 1. The molecule has 2 nitrogen and oxygen atoms in total. The topological polar surface area (TPSA) is 32.3 Å². The number of hydrogen-bond donors (Lipinski definition) is 2. The van der Waals surface area contributed by atoms with E-state index in [2.05, 4.69) is 12.2 Å². The summed E-state index contributed by atoms with van der Waals surface area (Å²) in [5, 5.41) is 12.3. The second kappa shape index (κ2) is 6.30. The first-order chi connectivity index (χ1) is 8.69. The molecule has 1 aliphatic rings. The standard InChI is InChI=1S/C15H22FNO/c1-11(5-6-18)10-17-15-8-13(9-15)12-3-2-4-14(16)7-12/h2-4,7,11,13,15,17-18H,5-6,8-10H2,1H3. The smallest absolute Gasteiger partial charge is 0.123 e. The van der Waals surface area contributed by atoms with Gasteiger partial charge in [0.25, 0.3) is 0 Å². The van der Waals surface area contributed by atoms with Gasteiger partial charge in [-0.25, -0.2) is 4.39 Å². The number of benzene rings is 1. The van der Waals surface area contributed by atoms with Crippen LogP contribution in [-0.4, -0.2) is 24.3 Å². The Kier molecular flexibility index (Phi) is 4.72. The van der Waals surface area contributed by atoms with Crippen molar-refractivity contribution in [2.75, 3.05) is 13.2 Å². The van der Waals surface area contributed by atoms with Gasteiger partial charge in [-0.1, -0.05) is 19.1 Å². The van der Waals surface area contributed by atoms with Crippen LogP contribution in [0.3, 0.4) is 0 Å². The van der Waals surface area contributed by atoms with Crippen molar-refractivity contribution in [1.82, 2.24) is 5.32 Å². The summed E-state index contributed by atoms with van der Waals surface area (Å²) in [5.41, 5.74) is 1.12. The molecule has 1 saturated carbocycles. The van der Waals surface area contributed by atoms with Crippen molar-refractivity contribution in [1.29, 1.82) is 0 Å². The zero-order chi connectivity index (χ0) is 13.0. The molecule has 0 aromatic heterocycles. The van der Waals surface area contributed by atoms with E-state index in [1.54, 1.807) is 12.1 Å². The van der Waals surface area contributed by atoms with Gasteiger partial charge in [0.2, 0.25) is 0 Å². The Balaban J connectivity index is 1.71. The summed E-state index contributed by atoms with van der Waals surface area (Å²) in [5.74, 6) is 0.884. The SMILES string of the molecule is CC(CCO)CNC1CC(c2cccc(F)c2)C1. The van der Waals surface area contributed by atoms with Crippen LogP contribution in [-0.2, 0) is 0 Å². The van der Waals surface area contributed by atoms with E-state index in [1.807, 2.05) is 6.07 Å². The molecule has 3 heteroatoms. The fourth-order valence-electron chi connectivity index (χ4n) is 2.51. The number of rotatable bonds is 6. The van der Waals surface area contributed by atoms with Gasteiger partial charge >= 0.3 is 0 Å². The van der Waals surface area contributed by atoms with E-state index in [0.29, 0.717) is 17.9 Å². The van der Waals surface area contributed by atoms with Gasteiger partial charge < -0.3 is 10.4 Å². The highest BCUT2D eigenvalue weighted by Gasteiger charge is 2.30. The average molecular weight is 251 g/mol. The molecule has 0 amide bonds. The first-order valence-electron chi connectivity index (χ1n) is 6.78. The monoisotopic (exact) mass is 251 g/mol. The van der Waals surface area contributed by atoms with E-state index in [4.69, 9.17) is 5.11 Å². The van der Waals surface area contributed by atoms with E-state index in [-0.39, 0.29) is 12.4 Å². The largest absolute Gasteiger partial charge is 0.396 e. The molecule has 1 fully saturated rings. The maximum atomic E-state index is 13.1. The molecule has 0 spiro atoms. The maximum Gasteiger partial charge on any atom is 0.123 e. The molecule has 18 heavy (non-hydrogen) atoms. The van der Waals surface area contributed by atoms with Crippen molar-refractivity contribution in [2.24, 2.45) is 5.92 Å². The molecular formula is C15H22FNO. The Hall–Kier alpha value is -0.930. The van der Waals surface area contributed by atoms with E-state index >= 15 is 0 Å². The summed E-state index contributed by atoms with van der Waals surface area (Å²) in [7, 11) is 0. The number of aliphatic hydroxyl groups is 1. The minimum absolute atomic E-state index is 0.138. The van der Waals surface area contributed by atoms with Crippen molar-refractivity contribution in [3.63, 3.8) is 0 Å². The minimum Gasteiger partial charge on any atom is -0.396 e. The van der Waals surface area contributed by atoms with E-state index in [9.17, 15) is 4.39 Å². The van der Waals surface area contributed by atoms with Gasteiger partial charge in [0, 0.05) is 12.6 Å². The van der Waals surface area contributed by atoms with Crippen LogP contribution < -0.4 is 5.32 Å². The van der Waals surface area contributed by atoms with Crippen LogP contribution in [0.25, 0.3) is 0 Å². The molecule has 0 radical (unpaired) electrons. The second-order valence-electron chi connectivity index (χ2n) is 5.45. The Morgan fingerprint density at radius 1 is 1.44 bits per heavy atom. The summed E-state index contributed by atoms with van der Waals surface area (Å²) in [6.07, 6.45) is 3.04. The average Bonchev–Trinajstić information content (AvgIpc) is 2.27. The Labute approximate surface area is 108 Å². The van der Waals surface area contributed by atoms with Gasteiger partial charge in [-0.3, -0.25) is 0 Å². The van der Waals surface area contributed by atoms with Crippen LogP contribution in [0.1, 0.15) is 37.7 Å². The first kappa shape index (κ1) is 13.5. The predicted molar refractivity (Wildman–Crippen MR) is 71.0 cm³/mol. The Bertz CT molecular complexity index is 377. The zero-order valence-electron chi connectivity index (χ0n) is 10.9. The third kappa shape index (κ3) is 3.53. The Morgan fingerprint density at radius 2 is 2.22 bits per heavy atom. The van der Waals surface area contributed by atoms with Gasteiger partial charge in [-0.15, -0.1) is 0 Å². The van der Waals surface area contributed by atoms with Crippen LogP contribution in [0.4, 0.5) is 4.39 Å². The summed E-state index contributed by atoms with van der Waals surface area (Å²) in [4.78, 5) is 0. The molecule has 2 rings (SSSR count). The molecule has 1 aromatic carbocycles. The number of aliphatic hydroxyl groups excluding tert-OH is 1. The molecule has 0 aliphatic heterocycles. The molecule has 1 aromatic rings. The highest BCUT2D eigenvalue weighted by atomic mass is 19.1. The molecule has 0 saturated heterocycles. The summed E-state index contributed by atoms with van der Waals surface area (Å²) in [6.45, 7) is 3.37. The third-order valence-electron chi connectivity index (χ3n) is 3.84. The highest BCUT2D eigenvalue weighted by molar-refractivity contribution is 5.23. The van der Waals surface area contributed by atoms with Crippen molar-refractivity contribution in [2.45, 2.75) is 38.1 Å². The van der Waals surface area contributed by atoms with Gasteiger partial charge in [0.05, 0.1) is 0 Å². The Morgan fingerprint density at radius 3 is 2.89 bits per heavy atom. The van der Waals surface area contributed by atoms with Crippen LogP contribution in [0.15, 0.2) is 24.3 Å². The lowest BCUT2D eigenvalue weighted by atomic mass is 9.76. The minimum atomic E-state index is -0.138. The molecule has 0 heterocycles. The lowest BCUT2D eigenvalue weighted by Gasteiger charge is -2.37. The van der Waals surface area contributed by atoms with Crippen molar-refractivity contribution in [3.8, 4) is 0 Å². The highest BCUT2D eigenvalue weighted by Crippen LogP contribution is 2.37. The van der Waals surface area contributed by atoms with Crippen molar-refractivity contribution >= 4 is 0 Å². The molecular weight excluding hydrogens is 229 g/mol. The lowest BCUT2D eigenvalue weighted by Crippen LogP contribution is -2.42. The van der Waals surface area contributed by atoms with Gasteiger partial charge in [-0.2, -0.15) is 0 Å². The summed E-state index contributed by atoms with van der Waals surface area (Å²) < 4.78 is 13.1. The van der Waals surface area contributed by atoms with E-state index in [1.165, 1.54) is 6.07 Å². The second-order valence-corrected chi connectivity index (χ2v) is 5.45. The molecule has 0 bridgehead atoms. The fourth-order valence-corrected chi connectivity index (χ4v) is 2.51. The zero-order valence-corrected chi connectivity index (χ0v) is 10.9. The van der Waals surface area contributed by atoms with Crippen molar-refractivity contribution < 1.29 is 9.50 Å². The number of halogens is 1. The summed E-state index contributed by atoms with van der Waals surface area (Å²) in [6, 6.07) is 7.50. The molecule has 2 N–H and O–H groups in total. The molecule has 1 aliphatic carbocycles. The molecule has 1 unspecified atom stereocenters. The normalized spacial score (nSPS) is 24.6. The van der Waals surface area contributed by atoms with Crippen LogP contribution in [0.5, 0.6) is 0 Å². The molecule has 1 atom stereocenters. The van der Waals surface area contributed by atoms with Crippen LogP contribution >= 0.6 is 0 Å². The van der Waals surface area contributed by atoms with Gasteiger partial charge in [-0.05, 0) is 55.3 Å². The first-order valence-corrected chi connectivity index (χ1v) is 6.78. The van der Waals surface area contributed by atoms with Crippen LogP contribution in [0, 0.1) is 11.7 Å². The van der Waals surface area contributed by atoms with Gasteiger partial charge in [0.1, 0.15) is 5.82 Å². The third-order valence-corrected chi connectivity index (χ3v) is 3.84. The lowest BCUT2D eigenvalue weighted by molar-refractivity contribution is 0.240. The summed E-state index contributed by atoms with van der Waals surface area (Å²) >= 11 is 0. The maximum absolute atomic E-state index is 13.1. The van der Waals surface area contributed by atoms with Crippen LogP contribution in [0.2, 0.25) is 0 Å². The number of hydrogen-bond acceptors (Lipinski definition) is 2. The quantitative estimate of drug-likeness (QED) is 0.814. The molecule has 100 valence electrons. The van der Waals surface area contributed by atoms with Crippen molar-refractivity contribution in [3.05, 3.63) is 35.6 Å². The predicted octanol–water partition coefficient (Wildman–Crippen LogP) is 2.68.